The van der Waals surface area contributed by atoms with Gasteiger partial charge >= 0.3 is 0 Å². The van der Waals surface area contributed by atoms with Gasteiger partial charge in [0.05, 0.1) is 0 Å². The van der Waals surface area contributed by atoms with Crippen LogP contribution in [0.4, 0.5) is 13.2 Å². The molecule has 0 spiro atoms. The van der Waals surface area contributed by atoms with Crippen molar-refractivity contribution in [1.82, 2.24) is 4.72 Å². The number of benzene rings is 1. The van der Waals surface area contributed by atoms with E-state index in [1.54, 1.807) is 13.8 Å². The fraction of sp³-hybridized carbons (Fsp3) is 0.571. The van der Waals surface area contributed by atoms with Crippen LogP contribution in [0.3, 0.4) is 0 Å². The smallest absolute Gasteiger partial charge is 0.207 e. The lowest BCUT2D eigenvalue weighted by atomic mass is 9.82. The molecule has 0 bridgehead atoms. The molecule has 0 fully saturated rings. The molecule has 0 aliphatic rings. The molecule has 21 heavy (non-hydrogen) atoms. The predicted octanol–water partition coefficient (Wildman–Crippen LogP) is 3.60. The summed E-state index contributed by atoms with van der Waals surface area (Å²) >= 11 is 0. The Labute approximate surface area is 123 Å². The van der Waals surface area contributed by atoms with E-state index < -0.39 is 37.9 Å². The molecule has 1 aromatic carbocycles. The fourth-order valence-electron chi connectivity index (χ4n) is 2.50. The Balaban J connectivity index is 3.16. The van der Waals surface area contributed by atoms with E-state index in [1.165, 1.54) is 0 Å². The summed E-state index contributed by atoms with van der Waals surface area (Å²) in [5, 5.41) is 0. The van der Waals surface area contributed by atoms with Crippen molar-refractivity contribution in [3.8, 4) is 0 Å². The predicted molar refractivity (Wildman–Crippen MR) is 74.8 cm³/mol. The molecule has 0 aliphatic carbocycles. The van der Waals surface area contributed by atoms with Crippen LogP contribution in [0.15, 0.2) is 17.0 Å². The first-order chi connectivity index (χ1) is 9.25. The summed E-state index contributed by atoms with van der Waals surface area (Å²) in [6.07, 6.45) is 0.477. The third-order valence-corrected chi connectivity index (χ3v) is 4.39. The zero-order valence-electron chi connectivity index (χ0n) is 12.7. The second-order valence-corrected chi connectivity index (χ2v) is 8.55. The summed E-state index contributed by atoms with van der Waals surface area (Å²) in [6, 6.07) is 1.30. The number of rotatable bonds is 4. The third kappa shape index (κ3) is 4.71. The zero-order valence-corrected chi connectivity index (χ0v) is 13.5. The molecule has 0 atom stereocenters. The third-order valence-electron chi connectivity index (χ3n) is 2.67. The highest BCUT2D eigenvalue weighted by Crippen LogP contribution is 2.29. The van der Waals surface area contributed by atoms with Gasteiger partial charge in [0, 0.05) is 5.54 Å². The summed E-state index contributed by atoms with van der Waals surface area (Å²) in [6.45, 7) is 9.09. The SMILES string of the molecule is CC(C)(C)CC(C)(C)NS(=O)(=O)c1ccc(F)c(F)c1F. The lowest BCUT2D eigenvalue weighted by Crippen LogP contribution is -2.45. The lowest BCUT2D eigenvalue weighted by Gasteiger charge is -2.33. The molecule has 0 saturated heterocycles. The fourth-order valence-corrected chi connectivity index (χ4v) is 3.98. The maximum atomic E-state index is 13.6. The van der Waals surface area contributed by atoms with Crippen molar-refractivity contribution in [3.63, 3.8) is 0 Å². The van der Waals surface area contributed by atoms with Gasteiger partial charge in [-0.2, -0.15) is 0 Å². The van der Waals surface area contributed by atoms with E-state index in [0.717, 1.165) is 0 Å². The average Bonchev–Trinajstić information content (AvgIpc) is 2.20. The van der Waals surface area contributed by atoms with Crippen molar-refractivity contribution in [2.45, 2.75) is 51.5 Å². The molecular formula is C14H20F3NO2S. The molecule has 0 heterocycles. The summed E-state index contributed by atoms with van der Waals surface area (Å²) in [4.78, 5) is -0.900. The Morgan fingerprint density at radius 1 is 1.00 bits per heavy atom. The number of halogens is 3. The quantitative estimate of drug-likeness (QED) is 0.861. The Morgan fingerprint density at radius 3 is 2.00 bits per heavy atom. The highest BCUT2D eigenvalue weighted by atomic mass is 32.2. The second-order valence-electron chi connectivity index (χ2n) is 6.90. The standard InChI is InChI=1S/C14H20F3NO2S/c1-13(2,3)8-14(4,5)18-21(19,20)10-7-6-9(15)11(16)12(10)17/h6-7,18H,8H2,1-5H3. The average molecular weight is 323 g/mol. The van der Waals surface area contributed by atoms with Crippen LogP contribution in [0, 0.1) is 22.9 Å². The maximum Gasteiger partial charge on any atom is 0.244 e. The van der Waals surface area contributed by atoms with Gasteiger partial charge in [0.25, 0.3) is 0 Å². The molecule has 0 amide bonds. The van der Waals surface area contributed by atoms with Crippen LogP contribution in [0.25, 0.3) is 0 Å². The highest BCUT2D eigenvalue weighted by molar-refractivity contribution is 7.89. The normalized spacial score (nSPS) is 13.5. The molecule has 120 valence electrons. The maximum absolute atomic E-state index is 13.6. The second kappa shape index (κ2) is 5.61. The van der Waals surface area contributed by atoms with E-state index in [9.17, 15) is 21.6 Å². The summed E-state index contributed by atoms with van der Waals surface area (Å²) in [5.41, 5.74) is -1.03. The Hall–Kier alpha value is -1.08. The van der Waals surface area contributed by atoms with Crippen molar-refractivity contribution in [2.24, 2.45) is 5.41 Å². The zero-order chi connectivity index (χ0) is 16.6. The van der Waals surface area contributed by atoms with E-state index in [1.807, 2.05) is 20.8 Å². The van der Waals surface area contributed by atoms with E-state index in [2.05, 4.69) is 4.72 Å². The van der Waals surface area contributed by atoms with E-state index >= 15 is 0 Å². The van der Waals surface area contributed by atoms with E-state index in [4.69, 9.17) is 0 Å². The van der Waals surface area contributed by atoms with Gasteiger partial charge in [-0.05, 0) is 37.8 Å². The van der Waals surface area contributed by atoms with Gasteiger partial charge in [0.15, 0.2) is 17.5 Å². The van der Waals surface area contributed by atoms with Crippen molar-refractivity contribution in [3.05, 3.63) is 29.6 Å². The van der Waals surface area contributed by atoms with Crippen LogP contribution in [-0.2, 0) is 10.0 Å². The Kier molecular flexibility index (Phi) is 4.80. The topological polar surface area (TPSA) is 46.2 Å². The Morgan fingerprint density at radius 2 is 1.52 bits per heavy atom. The largest absolute Gasteiger partial charge is 0.244 e. The van der Waals surface area contributed by atoms with Crippen molar-refractivity contribution in [1.29, 1.82) is 0 Å². The van der Waals surface area contributed by atoms with Gasteiger partial charge in [-0.25, -0.2) is 26.3 Å². The summed E-state index contributed by atoms with van der Waals surface area (Å²) < 4.78 is 66.4. The number of hydrogen-bond donors (Lipinski definition) is 1. The van der Waals surface area contributed by atoms with Gasteiger partial charge in [-0.3, -0.25) is 0 Å². The van der Waals surface area contributed by atoms with Crippen LogP contribution in [-0.4, -0.2) is 14.0 Å². The number of hydrogen-bond acceptors (Lipinski definition) is 2. The van der Waals surface area contributed by atoms with E-state index in [0.29, 0.717) is 18.6 Å². The first-order valence-electron chi connectivity index (χ1n) is 6.43. The number of nitrogens with one attached hydrogen (secondary N) is 1. The molecule has 0 unspecified atom stereocenters. The number of sulfonamides is 1. The van der Waals surface area contributed by atoms with Crippen LogP contribution in [0.5, 0.6) is 0 Å². The molecule has 0 radical (unpaired) electrons. The van der Waals surface area contributed by atoms with Gasteiger partial charge in [0.2, 0.25) is 10.0 Å². The summed E-state index contributed by atoms with van der Waals surface area (Å²) in [5.74, 6) is -4.94. The van der Waals surface area contributed by atoms with Gasteiger partial charge in [0.1, 0.15) is 4.90 Å². The molecule has 0 saturated carbocycles. The first kappa shape index (κ1) is 18.0. The van der Waals surface area contributed by atoms with Gasteiger partial charge in [-0.1, -0.05) is 20.8 Å². The molecule has 1 aromatic rings. The minimum Gasteiger partial charge on any atom is -0.207 e. The molecular weight excluding hydrogens is 303 g/mol. The minimum atomic E-state index is -4.29. The van der Waals surface area contributed by atoms with Crippen molar-refractivity contribution < 1.29 is 21.6 Å². The van der Waals surface area contributed by atoms with Crippen LogP contribution >= 0.6 is 0 Å². The lowest BCUT2D eigenvalue weighted by molar-refractivity contribution is 0.269. The molecule has 1 rings (SSSR count). The van der Waals surface area contributed by atoms with Crippen LogP contribution < -0.4 is 4.72 Å². The highest BCUT2D eigenvalue weighted by Gasteiger charge is 2.32. The Bertz CT molecular complexity index is 634. The molecule has 3 nitrogen and oxygen atoms in total. The van der Waals surface area contributed by atoms with Crippen molar-refractivity contribution >= 4 is 10.0 Å². The molecule has 0 aliphatic heterocycles. The minimum absolute atomic E-state index is 0.168. The molecule has 7 heteroatoms. The summed E-state index contributed by atoms with van der Waals surface area (Å²) in [7, 11) is -4.29. The van der Waals surface area contributed by atoms with Gasteiger partial charge in [-0.15, -0.1) is 0 Å². The van der Waals surface area contributed by atoms with E-state index in [-0.39, 0.29) is 5.41 Å². The monoisotopic (exact) mass is 323 g/mol. The molecule has 0 aromatic heterocycles. The first-order valence-corrected chi connectivity index (χ1v) is 7.91. The van der Waals surface area contributed by atoms with Crippen molar-refractivity contribution in [2.75, 3.05) is 0 Å². The van der Waals surface area contributed by atoms with Crippen LogP contribution in [0.2, 0.25) is 0 Å². The van der Waals surface area contributed by atoms with Crippen LogP contribution in [0.1, 0.15) is 41.0 Å². The van der Waals surface area contributed by atoms with Gasteiger partial charge < -0.3 is 0 Å². The molecule has 1 N–H and O–H groups in total.